The van der Waals surface area contributed by atoms with Crippen molar-refractivity contribution < 1.29 is 14.6 Å². The fourth-order valence-corrected chi connectivity index (χ4v) is 2.98. The van der Waals surface area contributed by atoms with Gasteiger partial charge in [0.05, 0.1) is 6.10 Å². The lowest BCUT2D eigenvalue weighted by atomic mass is 9.84. The number of nitrogens with one attached hydrogen (secondary N) is 1. The summed E-state index contributed by atoms with van der Waals surface area (Å²) in [6.45, 7) is 0. The third kappa shape index (κ3) is 3.91. The minimum atomic E-state index is -0.915. The Hall–Kier alpha value is -0.420. The zero-order chi connectivity index (χ0) is 11.3. The summed E-state index contributed by atoms with van der Waals surface area (Å²) in [4.78, 5) is 10.6. The smallest absolute Gasteiger partial charge is 0.404 e. The van der Waals surface area contributed by atoms with Gasteiger partial charge in [0, 0.05) is 13.2 Å². The normalized spacial score (nSPS) is 31.2. The van der Waals surface area contributed by atoms with Gasteiger partial charge in [-0.05, 0) is 37.2 Å². The number of hydrogen-bond donors (Lipinski definition) is 2. The zero-order valence-electron chi connectivity index (χ0n) is 9.23. The molecule has 0 bridgehead atoms. The Kier molecular flexibility index (Phi) is 5.25. The summed E-state index contributed by atoms with van der Waals surface area (Å²) >= 11 is 1.76. The highest BCUT2D eigenvalue weighted by molar-refractivity contribution is 7.98. The second kappa shape index (κ2) is 6.23. The molecular formula is C10H19NO3S. The van der Waals surface area contributed by atoms with Crippen LogP contribution in [0.2, 0.25) is 0 Å². The number of amides is 1. The summed E-state index contributed by atoms with van der Waals surface area (Å²) < 4.78 is 5.34. The molecule has 0 saturated heterocycles. The van der Waals surface area contributed by atoms with Crippen molar-refractivity contribution in [2.24, 2.45) is 5.92 Å². The Morgan fingerprint density at radius 1 is 1.60 bits per heavy atom. The maximum absolute atomic E-state index is 10.6. The zero-order valence-corrected chi connectivity index (χ0v) is 10.0. The van der Waals surface area contributed by atoms with Crippen molar-refractivity contribution in [1.29, 1.82) is 0 Å². The lowest BCUT2D eigenvalue weighted by molar-refractivity contribution is 0.0431. The second-order valence-electron chi connectivity index (χ2n) is 3.94. The van der Waals surface area contributed by atoms with Crippen LogP contribution in [0.4, 0.5) is 4.79 Å². The van der Waals surface area contributed by atoms with Gasteiger partial charge in [-0.3, -0.25) is 0 Å². The fraction of sp³-hybridized carbons (Fsp3) is 0.900. The summed E-state index contributed by atoms with van der Waals surface area (Å²) in [5, 5.41) is 11.3. The van der Waals surface area contributed by atoms with E-state index in [2.05, 4.69) is 5.32 Å². The van der Waals surface area contributed by atoms with E-state index in [1.807, 2.05) is 6.26 Å². The van der Waals surface area contributed by atoms with Crippen LogP contribution in [0.1, 0.15) is 19.3 Å². The average molecular weight is 233 g/mol. The van der Waals surface area contributed by atoms with E-state index in [0.717, 1.165) is 25.0 Å². The second-order valence-corrected chi connectivity index (χ2v) is 4.85. The molecular weight excluding hydrogens is 214 g/mol. The first kappa shape index (κ1) is 12.6. The molecule has 0 spiro atoms. The van der Waals surface area contributed by atoms with Gasteiger partial charge in [0.15, 0.2) is 0 Å². The number of hydrogen-bond acceptors (Lipinski definition) is 3. The van der Waals surface area contributed by atoms with Crippen molar-refractivity contribution in [3.8, 4) is 0 Å². The fourth-order valence-electron chi connectivity index (χ4n) is 2.18. The Labute approximate surface area is 94.8 Å². The topological polar surface area (TPSA) is 58.6 Å². The average Bonchev–Trinajstić information content (AvgIpc) is 2.20. The largest absolute Gasteiger partial charge is 0.465 e. The van der Waals surface area contributed by atoms with E-state index < -0.39 is 6.09 Å². The third-order valence-corrected chi connectivity index (χ3v) is 3.72. The summed E-state index contributed by atoms with van der Waals surface area (Å²) in [7, 11) is 1.73. The summed E-state index contributed by atoms with van der Waals surface area (Å²) in [5.74, 6) is 1.39. The van der Waals surface area contributed by atoms with Crippen molar-refractivity contribution in [1.82, 2.24) is 5.32 Å². The molecule has 4 nitrogen and oxygen atoms in total. The van der Waals surface area contributed by atoms with Gasteiger partial charge in [-0.15, -0.1) is 0 Å². The monoisotopic (exact) mass is 233 g/mol. The van der Waals surface area contributed by atoms with E-state index in [0.29, 0.717) is 12.0 Å². The molecule has 1 rings (SSSR count). The quantitative estimate of drug-likeness (QED) is 0.777. The van der Waals surface area contributed by atoms with Gasteiger partial charge in [-0.2, -0.15) is 11.8 Å². The van der Waals surface area contributed by atoms with Crippen LogP contribution in [0, 0.1) is 5.92 Å². The number of thioether (sulfide) groups is 1. The summed E-state index contributed by atoms with van der Waals surface area (Å²) in [5.41, 5.74) is 0. The molecule has 0 unspecified atom stereocenters. The molecule has 1 amide bonds. The molecule has 3 atom stereocenters. The van der Waals surface area contributed by atoms with Gasteiger partial charge in [-0.25, -0.2) is 4.79 Å². The van der Waals surface area contributed by atoms with Crippen LogP contribution in [0.25, 0.3) is 0 Å². The minimum absolute atomic E-state index is 0.0985. The highest BCUT2D eigenvalue weighted by atomic mass is 32.2. The lowest BCUT2D eigenvalue weighted by Gasteiger charge is -2.35. The van der Waals surface area contributed by atoms with Crippen LogP contribution in [0.5, 0.6) is 0 Å². The van der Waals surface area contributed by atoms with Gasteiger partial charge in [-0.1, -0.05) is 0 Å². The molecule has 2 N–H and O–H groups in total. The first-order valence-corrected chi connectivity index (χ1v) is 6.58. The van der Waals surface area contributed by atoms with E-state index in [9.17, 15) is 4.79 Å². The highest BCUT2D eigenvalue weighted by Crippen LogP contribution is 2.28. The van der Waals surface area contributed by atoms with Crippen molar-refractivity contribution >= 4 is 17.9 Å². The van der Waals surface area contributed by atoms with Gasteiger partial charge in [0.1, 0.15) is 0 Å². The van der Waals surface area contributed by atoms with E-state index >= 15 is 0 Å². The minimum Gasteiger partial charge on any atom is -0.465 e. The van der Waals surface area contributed by atoms with Crippen LogP contribution in [-0.4, -0.2) is 42.5 Å². The van der Waals surface area contributed by atoms with E-state index in [-0.39, 0.29) is 6.04 Å². The molecule has 1 aliphatic rings. The maximum Gasteiger partial charge on any atom is 0.404 e. The third-order valence-electron chi connectivity index (χ3n) is 2.96. The van der Waals surface area contributed by atoms with E-state index in [1.165, 1.54) is 0 Å². The van der Waals surface area contributed by atoms with Crippen LogP contribution >= 0.6 is 11.8 Å². The lowest BCUT2D eigenvalue weighted by Crippen LogP contribution is -2.45. The highest BCUT2D eigenvalue weighted by Gasteiger charge is 2.31. The van der Waals surface area contributed by atoms with Gasteiger partial charge < -0.3 is 15.2 Å². The van der Waals surface area contributed by atoms with Crippen molar-refractivity contribution in [2.45, 2.75) is 31.4 Å². The van der Waals surface area contributed by atoms with Crippen molar-refractivity contribution in [2.75, 3.05) is 19.1 Å². The molecule has 1 fully saturated rings. The Morgan fingerprint density at radius 3 is 2.87 bits per heavy atom. The number of rotatable bonds is 4. The first-order chi connectivity index (χ1) is 7.17. The number of carboxylic acid groups (broad SMARTS) is 1. The number of methoxy groups -OCH3 is 1. The number of carbonyl (C=O) groups is 1. The van der Waals surface area contributed by atoms with Crippen LogP contribution in [0.15, 0.2) is 0 Å². The molecule has 1 aliphatic carbocycles. The van der Waals surface area contributed by atoms with E-state index in [1.54, 1.807) is 18.9 Å². The van der Waals surface area contributed by atoms with Gasteiger partial charge in [0.25, 0.3) is 0 Å². The van der Waals surface area contributed by atoms with Gasteiger partial charge in [0.2, 0.25) is 0 Å². The van der Waals surface area contributed by atoms with E-state index in [4.69, 9.17) is 9.84 Å². The standard InChI is InChI=1S/C10H19NO3S/c1-14-8-3-4-9(11-10(12)13)7(5-8)6-15-2/h7-9,11H,3-6H2,1-2H3,(H,12,13)/t7-,8+,9-/m0/s1. The van der Waals surface area contributed by atoms with Crippen molar-refractivity contribution in [3.63, 3.8) is 0 Å². The van der Waals surface area contributed by atoms with Crippen LogP contribution in [0.3, 0.4) is 0 Å². The SMILES string of the molecule is CO[C@@H]1CC[C@H](NC(=O)O)[C@H](CSC)C1. The molecule has 5 heteroatoms. The first-order valence-electron chi connectivity index (χ1n) is 5.18. The molecule has 0 aliphatic heterocycles. The number of ether oxygens (including phenoxy) is 1. The Balaban J connectivity index is 2.50. The molecule has 0 heterocycles. The predicted molar refractivity (Wildman–Crippen MR) is 61.5 cm³/mol. The molecule has 0 aromatic rings. The predicted octanol–water partition coefficient (Wildman–Crippen LogP) is 1.80. The summed E-state index contributed by atoms with van der Waals surface area (Å²) in [6, 6.07) is 0.0985. The van der Waals surface area contributed by atoms with Crippen LogP contribution < -0.4 is 5.32 Å². The molecule has 15 heavy (non-hydrogen) atoms. The molecule has 0 radical (unpaired) electrons. The summed E-state index contributed by atoms with van der Waals surface area (Å²) in [6.07, 6.45) is 4.23. The molecule has 0 aromatic carbocycles. The molecule has 0 aromatic heterocycles. The van der Waals surface area contributed by atoms with Gasteiger partial charge >= 0.3 is 6.09 Å². The molecule has 1 saturated carbocycles. The van der Waals surface area contributed by atoms with Crippen molar-refractivity contribution in [3.05, 3.63) is 0 Å². The maximum atomic E-state index is 10.6. The Bertz CT molecular complexity index is 213. The molecule has 88 valence electrons. The van der Waals surface area contributed by atoms with Crippen LogP contribution in [-0.2, 0) is 4.74 Å². The Morgan fingerprint density at radius 2 is 2.33 bits per heavy atom.